The van der Waals surface area contributed by atoms with Gasteiger partial charge in [-0.15, -0.1) is 0 Å². The van der Waals surface area contributed by atoms with E-state index < -0.39 is 17.8 Å². The quantitative estimate of drug-likeness (QED) is 0.452. The molecule has 4 rings (SSSR count). The fourth-order valence-electron chi connectivity index (χ4n) is 2.70. The normalized spacial score (nSPS) is 11.8. The van der Waals surface area contributed by atoms with E-state index in [1.807, 2.05) is 0 Å². The molecule has 0 fully saturated rings. The lowest BCUT2D eigenvalue weighted by molar-refractivity contribution is -0.142. The number of furan rings is 1. The molecule has 1 N–H and O–H groups in total. The zero-order valence-electron chi connectivity index (χ0n) is 14.2. The van der Waals surface area contributed by atoms with Gasteiger partial charge in [-0.3, -0.25) is 4.79 Å². The lowest BCUT2D eigenvalue weighted by atomic mass is 10.2. The summed E-state index contributed by atoms with van der Waals surface area (Å²) in [6.07, 6.45) is -2.42. The summed E-state index contributed by atoms with van der Waals surface area (Å²) >= 11 is 11.8. The van der Waals surface area contributed by atoms with E-state index >= 15 is 0 Å². The van der Waals surface area contributed by atoms with Gasteiger partial charge in [-0.25, -0.2) is 9.50 Å². The van der Waals surface area contributed by atoms with Gasteiger partial charge < -0.3 is 9.73 Å². The number of alkyl halides is 3. The monoisotopic (exact) mass is 440 g/mol. The van der Waals surface area contributed by atoms with Crippen molar-refractivity contribution in [1.82, 2.24) is 14.6 Å². The molecule has 0 aliphatic heterocycles. The van der Waals surface area contributed by atoms with Crippen molar-refractivity contribution < 1.29 is 22.4 Å². The third-order valence-corrected chi connectivity index (χ3v) is 4.34. The van der Waals surface area contributed by atoms with Crippen LogP contribution in [0, 0.1) is 0 Å². The molecule has 0 unspecified atom stereocenters. The van der Waals surface area contributed by atoms with E-state index in [1.54, 1.807) is 0 Å². The topological polar surface area (TPSA) is 72.4 Å². The highest BCUT2D eigenvalue weighted by atomic mass is 35.5. The Balaban J connectivity index is 1.83. The zero-order chi connectivity index (χ0) is 20.8. The fraction of sp³-hybridized carbons (Fsp3) is 0.0556. The Bertz CT molecular complexity index is 1200. The van der Waals surface area contributed by atoms with Crippen LogP contribution >= 0.6 is 23.2 Å². The molecular formula is C18H9Cl2F3N4O2. The van der Waals surface area contributed by atoms with Crippen molar-refractivity contribution >= 4 is 40.4 Å². The second-order valence-corrected chi connectivity index (χ2v) is 6.78. The molecule has 6 nitrogen and oxygen atoms in total. The first-order valence-electron chi connectivity index (χ1n) is 7.99. The molecule has 148 valence electrons. The molecule has 0 saturated carbocycles. The lowest BCUT2D eigenvalue weighted by Gasteiger charge is -2.11. The molecule has 0 radical (unpaired) electrons. The molecule has 29 heavy (non-hydrogen) atoms. The van der Waals surface area contributed by atoms with Crippen LogP contribution < -0.4 is 5.32 Å². The van der Waals surface area contributed by atoms with Crippen molar-refractivity contribution in [3.8, 4) is 11.5 Å². The van der Waals surface area contributed by atoms with Gasteiger partial charge in [-0.2, -0.15) is 18.3 Å². The third kappa shape index (κ3) is 3.79. The summed E-state index contributed by atoms with van der Waals surface area (Å²) in [5, 5.41) is 6.79. The number of fused-ring (bicyclic) bond motifs is 1. The van der Waals surface area contributed by atoms with E-state index in [9.17, 15) is 18.0 Å². The molecule has 0 aliphatic rings. The van der Waals surface area contributed by atoms with Crippen molar-refractivity contribution in [1.29, 1.82) is 0 Å². The minimum Gasteiger partial charge on any atom is -0.463 e. The summed E-state index contributed by atoms with van der Waals surface area (Å²) in [7, 11) is 0. The maximum atomic E-state index is 13.5. The molecule has 0 atom stereocenters. The van der Waals surface area contributed by atoms with E-state index in [-0.39, 0.29) is 38.4 Å². The summed E-state index contributed by atoms with van der Waals surface area (Å²) in [5.74, 6) is -0.609. The lowest BCUT2D eigenvalue weighted by Crippen LogP contribution is -2.15. The van der Waals surface area contributed by atoms with E-state index in [4.69, 9.17) is 27.6 Å². The first-order chi connectivity index (χ1) is 13.7. The maximum absolute atomic E-state index is 13.5. The molecule has 3 heterocycles. The van der Waals surface area contributed by atoms with Crippen molar-refractivity contribution in [2.24, 2.45) is 0 Å². The number of amides is 1. The van der Waals surface area contributed by atoms with E-state index in [0.29, 0.717) is 4.52 Å². The largest absolute Gasteiger partial charge is 0.463 e. The van der Waals surface area contributed by atoms with Crippen molar-refractivity contribution in [3.63, 3.8) is 0 Å². The third-order valence-electron chi connectivity index (χ3n) is 3.90. The number of carbonyl (C=O) groups is 1. The van der Waals surface area contributed by atoms with Crippen molar-refractivity contribution in [3.05, 3.63) is 70.2 Å². The number of carbonyl (C=O) groups excluding carboxylic acids is 1. The molecule has 0 aliphatic carbocycles. The summed E-state index contributed by atoms with van der Waals surface area (Å²) in [4.78, 5) is 16.8. The van der Waals surface area contributed by atoms with Crippen LogP contribution in [0.15, 0.2) is 53.3 Å². The maximum Gasteiger partial charge on any atom is 0.433 e. The smallest absolute Gasteiger partial charge is 0.433 e. The SMILES string of the molecule is O=C(Nc1cc(Cl)cc(Cl)c1)c1cnn2c(C(F)(F)F)cc(-c3ccco3)nc12. The average Bonchev–Trinajstić information content (AvgIpc) is 3.28. The fourth-order valence-corrected chi connectivity index (χ4v) is 3.23. The Morgan fingerprint density at radius 2 is 1.86 bits per heavy atom. The highest BCUT2D eigenvalue weighted by Crippen LogP contribution is 2.33. The van der Waals surface area contributed by atoms with Gasteiger partial charge in [0.05, 0.1) is 12.5 Å². The van der Waals surface area contributed by atoms with Crippen LogP contribution in [0.1, 0.15) is 16.1 Å². The Morgan fingerprint density at radius 3 is 2.48 bits per heavy atom. The minimum atomic E-state index is -4.73. The van der Waals surface area contributed by atoms with Crippen molar-refractivity contribution in [2.75, 3.05) is 5.32 Å². The summed E-state index contributed by atoms with van der Waals surface area (Å²) < 4.78 is 46.3. The predicted octanol–water partition coefficient (Wildman–Crippen LogP) is 5.57. The predicted molar refractivity (Wildman–Crippen MR) is 100 cm³/mol. The van der Waals surface area contributed by atoms with E-state index in [1.165, 1.54) is 36.6 Å². The second kappa shape index (κ2) is 7.09. The number of nitrogens with one attached hydrogen (secondary N) is 1. The molecule has 0 bridgehead atoms. The number of hydrogen-bond donors (Lipinski definition) is 1. The van der Waals surface area contributed by atoms with E-state index in [2.05, 4.69) is 15.4 Å². The summed E-state index contributed by atoms with van der Waals surface area (Å²) in [5.41, 5.74) is -1.36. The minimum absolute atomic E-state index is 0.0878. The molecule has 11 heteroatoms. The van der Waals surface area contributed by atoms with Crippen LogP contribution in [0.25, 0.3) is 17.1 Å². The van der Waals surface area contributed by atoms with Crippen LogP contribution in [0.3, 0.4) is 0 Å². The first kappa shape index (κ1) is 19.3. The molecule has 3 aromatic heterocycles. The van der Waals surface area contributed by atoms with Gasteiger partial charge in [0.1, 0.15) is 11.3 Å². The van der Waals surface area contributed by atoms with Gasteiger partial charge in [-0.05, 0) is 36.4 Å². The molecule has 0 saturated heterocycles. The average molecular weight is 441 g/mol. The first-order valence-corrected chi connectivity index (χ1v) is 8.75. The molecule has 1 amide bonds. The molecule has 4 aromatic rings. The second-order valence-electron chi connectivity index (χ2n) is 5.91. The number of rotatable bonds is 3. The number of aromatic nitrogens is 3. The molecule has 0 spiro atoms. The summed E-state index contributed by atoms with van der Waals surface area (Å²) in [6.45, 7) is 0. The number of halogens is 5. The number of nitrogens with zero attached hydrogens (tertiary/aromatic N) is 3. The molecular weight excluding hydrogens is 432 g/mol. The zero-order valence-corrected chi connectivity index (χ0v) is 15.7. The van der Waals surface area contributed by atoms with Crippen LogP contribution in [-0.2, 0) is 6.18 Å². The van der Waals surface area contributed by atoms with Crippen LogP contribution in [0.5, 0.6) is 0 Å². The van der Waals surface area contributed by atoms with Gasteiger partial charge in [0.2, 0.25) is 0 Å². The number of anilines is 1. The Hall–Kier alpha value is -3.04. The Morgan fingerprint density at radius 1 is 1.14 bits per heavy atom. The van der Waals surface area contributed by atoms with Crippen LogP contribution in [0.4, 0.5) is 18.9 Å². The van der Waals surface area contributed by atoms with Gasteiger partial charge in [-0.1, -0.05) is 23.2 Å². The summed E-state index contributed by atoms with van der Waals surface area (Å²) in [6, 6.07) is 8.14. The van der Waals surface area contributed by atoms with Gasteiger partial charge in [0.15, 0.2) is 17.1 Å². The highest BCUT2D eigenvalue weighted by Gasteiger charge is 2.36. The standard InChI is InChI=1S/C18H9Cl2F3N4O2/c19-9-4-10(20)6-11(5-9)25-17(28)12-8-24-27-15(18(21,22)23)7-13(26-16(12)27)14-2-1-3-29-14/h1-8H,(H,25,28). The number of hydrogen-bond acceptors (Lipinski definition) is 4. The van der Waals surface area contributed by atoms with Gasteiger partial charge in [0, 0.05) is 15.7 Å². The Labute approximate surface area is 170 Å². The number of benzene rings is 1. The van der Waals surface area contributed by atoms with Crippen LogP contribution in [0.2, 0.25) is 10.0 Å². The molecule has 1 aromatic carbocycles. The Kier molecular flexibility index (Phi) is 4.71. The highest BCUT2D eigenvalue weighted by molar-refractivity contribution is 6.35. The van der Waals surface area contributed by atoms with Crippen molar-refractivity contribution in [2.45, 2.75) is 6.18 Å². The van der Waals surface area contributed by atoms with Gasteiger partial charge in [0.25, 0.3) is 5.91 Å². The van der Waals surface area contributed by atoms with Crippen LogP contribution in [-0.4, -0.2) is 20.5 Å². The van der Waals surface area contributed by atoms with Gasteiger partial charge >= 0.3 is 6.18 Å². The van der Waals surface area contributed by atoms with E-state index in [0.717, 1.165) is 12.3 Å².